The summed E-state index contributed by atoms with van der Waals surface area (Å²) >= 11 is 0. The van der Waals surface area contributed by atoms with Crippen LogP contribution >= 0.6 is 0 Å². The maximum atomic E-state index is 8.20. The molecule has 0 aliphatic rings. The van der Waals surface area contributed by atoms with Crippen molar-refractivity contribution in [2.24, 2.45) is 10.9 Å². The van der Waals surface area contributed by atoms with Crippen LogP contribution in [-0.2, 0) is 0 Å². The van der Waals surface area contributed by atoms with Crippen molar-refractivity contribution in [3.63, 3.8) is 0 Å². The van der Waals surface area contributed by atoms with E-state index in [2.05, 4.69) is 31.2 Å². The fourth-order valence-corrected chi connectivity index (χ4v) is 0.616. The highest BCUT2D eigenvalue weighted by Crippen LogP contribution is 1.97. The van der Waals surface area contributed by atoms with Gasteiger partial charge < -0.3 is 16.3 Å². The number of nitrogens with zero attached hydrogens (tertiary/aromatic N) is 1. The molecular formula is C7H17N3O. The molecule has 0 saturated heterocycles. The monoisotopic (exact) mass is 159 g/mol. The molecule has 0 aromatic heterocycles. The highest BCUT2D eigenvalue weighted by molar-refractivity contribution is 5.79. The molecule has 4 N–H and O–H groups in total. The lowest BCUT2D eigenvalue weighted by atomic mass is 10.1. The van der Waals surface area contributed by atoms with Crippen molar-refractivity contribution in [3.05, 3.63) is 0 Å². The molecule has 0 aliphatic carbocycles. The van der Waals surface area contributed by atoms with E-state index < -0.39 is 0 Å². The van der Waals surface area contributed by atoms with E-state index in [0.29, 0.717) is 6.42 Å². The van der Waals surface area contributed by atoms with Gasteiger partial charge in [0.05, 0.1) is 0 Å². The summed E-state index contributed by atoms with van der Waals surface area (Å²) in [6.07, 6.45) is 0.577. The topological polar surface area (TPSA) is 70.6 Å². The zero-order valence-electron chi connectivity index (χ0n) is 7.39. The molecule has 0 atom stereocenters. The Bertz CT molecular complexity index is 137. The van der Waals surface area contributed by atoms with Crippen molar-refractivity contribution in [1.82, 2.24) is 5.32 Å². The third-order valence-corrected chi connectivity index (χ3v) is 1.16. The van der Waals surface area contributed by atoms with Crippen LogP contribution in [0.15, 0.2) is 5.16 Å². The maximum absolute atomic E-state index is 8.20. The summed E-state index contributed by atoms with van der Waals surface area (Å²) in [5, 5.41) is 14.3. The number of oxime groups is 1. The molecule has 4 heteroatoms. The van der Waals surface area contributed by atoms with E-state index in [1.165, 1.54) is 0 Å². The van der Waals surface area contributed by atoms with Gasteiger partial charge in [-0.1, -0.05) is 5.16 Å². The van der Waals surface area contributed by atoms with Crippen LogP contribution in [0, 0.1) is 0 Å². The summed E-state index contributed by atoms with van der Waals surface area (Å²) in [5.74, 6) is 0.266. The molecule has 0 fully saturated rings. The number of amidine groups is 1. The average Bonchev–Trinajstić information content (AvgIpc) is 1.85. The zero-order valence-corrected chi connectivity index (χ0v) is 7.39. The summed E-state index contributed by atoms with van der Waals surface area (Å²) < 4.78 is 0. The van der Waals surface area contributed by atoms with Gasteiger partial charge in [-0.2, -0.15) is 0 Å². The summed E-state index contributed by atoms with van der Waals surface area (Å²) in [4.78, 5) is 0. The Balaban J connectivity index is 3.43. The van der Waals surface area contributed by atoms with Crippen molar-refractivity contribution < 1.29 is 5.21 Å². The van der Waals surface area contributed by atoms with Gasteiger partial charge in [-0.05, 0) is 20.8 Å². The van der Waals surface area contributed by atoms with Gasteiger partial charge in [0, 0.05) is 18.5 Å². The Morgan fingerprint density at radius 2 is 2.09 bits per heavy atom. The Labute approximate surface area is 67.5 Å². The average molecular weight is 159 g/mol. The normalized spacial score (nSPS) is 13.5. The Morgan fingerprint density at radius 3 is 2.45 bits per heavy atom. The predicted molar refractivity (Wildman–Crippen MR) is 45.8 cm³/mol. The summed E-state index contributed by atoms with van der Waals surface area (Å²) in [6, 6.07) is 0. The minimum atomic E-state index is 0.0930. The molecule has 0 aromatic carbocycles. The first-order valence-corrected chi connectivity index (χ1v) is 3.67. The summed E-state index contributed by atoms with van der Waals surface area (Å²) in [6.45, 7) is 6.94. The predicted octanol–water partition coefficient (Wildman–Crippen LogP) is 0.511. The van der Waals surface area contributed by atoms with Crippen LogP contribution in [0.4, 0.5) is 0 Å². The highest BCUT2D eigenvalue weighted by atomic mass is 16.4. The number of nitrogens with two attached hydrogens (primary N) is 1. The molecule has 0 unspecified atom stereocenters. The molecule has 0 rings (SSSR count). The van der Waals surface area contributed by atoms with Crippen molar-refractivity contribution in [2.45, 2.75) is 32.7 Å². The van der Waals surface area contributed by atoms with Crippen molar-refractivity contribution in [3.8, 4) is 0 Å². The van der Waals surface area contributed by atoms with Crippen LogP contribution in [0.2, 0.25) is 0 Å². The zero-order chi connectivity index (χ0) is 8.91. The molecule has 66 valence electrons. The van der Waals surface area contributed by atoms with Gasteiger partial charge in [-0.25, -0.2) is 0 Å². The second kappa shape index (κ2) is 4.18. The first-order chi connectivity index (χ1) is 4.95. The Hall–Kier alpha value is -0.770. The van der Waals surface area contributed by atoms with Crippen LogP contribution in [0.1, 0.15) is 27.2 Å². The van der Waals surface area contributed by atoms with Crippen molar-refractivity contribution in [1.29, 1.82) is 0 Å². The minimum Gasteiger partial charge on any atom is -0.409 e. The van der Waals surface area contributed by atoms with Crippen molar-refractivity contribution >= 4 is 5.84 Å². The molecule has 0 bridgehead atoms. The Kier molecular flexibility index (Phi) is 3.89. The van der Waals surface area contributed by atoms with Gasteiger partial charge in [0.1, 0.15) is 5.84 Å². The van der Waals surface area contributed by atoms with Gasteiger partial charge in [0.25, 0.3) is 0 Å². The van der Waals surface area contributed by atoms with Crippen LogP contribution in [0.25, 0.3) is 0 Å². The first kappa shape index (κ1) is 10.2. The number of hydrogen-bond donors (Lipinski definition) is 3. The third-order valence-electron chi connectivity index (χ3n) is 1.16. The fraction of sp³-hybridized carbons (Fsp3) is 0.857. The largest absolute Gasteiger partial charge is 0.409 e. The molecule has 11 heavy (non-hydrogen) atoms. The standard InChI is InChI=1S/C7H17N3O/c1-7(2,3)9-5-4-6(8)10-11/h9,11H,4-5H2,1-3H3,(H2,8,10). The lowest BCUT2D eigenvalue weighted by molar-refractivity contribution is 0.316. The molecule has 0 saturated carbocycles. The van der Waals surface area contributed by atoms with E-state index in [-0.39, 0.29) is 11.4 Å². The Morgan fingerprint density at radius 1 is 1.55 bits per heavy atom. The smallest absolute Gasteiger partial charge is 0.140 e. The molecule has 0 heterocycles. The fourth-order valence-electron chi connectivity index (χ4n) is 0.616. The van der Waals surface area contributed by atoms with E-state index >= 15 is 0 Å². The second-order valence-electron chi connectivity index (χ2n) is 3.52. The van der Waals surface area contributed by atoms with Crippen LogP contribution in [0.5, 0.6) is 0 Å². The van der Waals surface area contributed by atoms with Gasteiger partial charge in [0.2, 0.25) is 0 Å². The third kappa shape index (κ3) is 7.12. The van der Waals surface area contributed by atoms with E-state index in [4.69, 9.17) is 10.9 Å². The van der Waals surface area contributed by atoms with Gasteiger partial charge >= 0.3 is 0 Å². The van der Waals surface area contributed by atoms with E-state index in [1.54, 1.807) is 0 Å². The van der Waals surface area contributed by atoms with Crippen LogP contribution in [-0.4, -0.2) is 23.1 Å². The number of rotatable bonds is 3. The summed E-state index contributed by atoms with van der Waals surface area (Å²) in [7, 11) is 0. The molecule has 4 nitrogen and oxygen atoms in total. The highest BCUT2D eigenvalue weighted by Gasteiger charge is 2.07. The molecule has 0 spiro atoms. The number of nitrogens with one attached hydrogen (secondary N) is 1. The molecular weight excluding hydrogens is 142 g/mol. The molecule has 0 radical (unpaired) electrons. The van der Waals surface area contributed by atoms with Crippen LogP contribution in [0.3, 0.4) is 0 Å². The quantitative estimate of drug-likeness (QED) is 0.243. The van der Waals surface area contributed by atoms with Crippen molar-refractivity contribution in [2.75, 3.05) is 6.54 Å². The van der Waals surface area contributed by atoms with Gasteiger partial charge in [0.15, 0.2) is 0 Å². The van der Waals surface area contributed by atoms with E-state index in [9.17, 15) is 0 Å². The first-order valence-electron chi connectivity index (χ1n) is 3.67. The lowest BCUT2D eigenvalue weighted by Gasteiger charge is -2.19. The van der Waals surface area contributed by atoms with Gasteiger partial charge in [-0.15, -0.1) is 0 Å². The molecule has 0 aliphatic heterocycles. The molecule has 0 amide bonds. The van der Waals surface area contributed by atoms with Crippen LogP contribution < -0.4 is 11.1 Å². The maximum Gasteiger partial charge on any atom is 0.140 e. The second-order valence-corrected chi connectivity index (χ2v) is 3.52. The lowest BCUT2D eigenvalue weighted by Crippen LogP contribution is -2.37. The SMILES string of the molecule is CC(C)(C)NCCC(N)=NO. The van der Waals surface area contributed by atoms with E-state index in [1.807, 2.05) is 0 Å². The molecule has 0 aromatic rings. The summed E-state index contributed by atoms with van der Waals surface area (Å²) in [5.41, 5.74) is 5.36. The minimum absolute atomic E-state index is 0.0930. The van der Waals surface area contributed by atoms with E-state index in [0.717, 1.165) is 6.54 Å². The number of hydrogen-bond acceptors (Lipinski definition) is 3. The van der Waals surface area contributed by atoms with Gasteiger partial charge in [-0.3, -0.25) is 0 Å².